The highest BCUT2D eigenvalue weighted by molar-refractivity contribution is 5.89. The first-order valence-corrected chi connectivity index (χ1v) is 10.4. The van der Waals surface area contributed by atoms with E-state index in [0.29, 0.717) is 19.4 Å². The van der Waals surface area contributed by atoms with Gasteiger partial charge in [0.05, 0.1) is 43.0 Å². The minimum absolute atomic E-state index is 0.105. The molecule has 1 aromatic heterocycles. The number of hydrogen-bond donors (Lipinski definition) is 4. The van der Waals surface area contributed by atoms with E-state index in [1.807, 2.05) is 6.07 Å². The van der Waals surface area contributed by atoms with E-state index in [-0.39, 0.29) is 24.6 Å². The lowest BCUT2D eigenvalue weighted by molar-refractivity contribution is -0.137. The van der Waals surface area contributed by atoms with Gasteiger partial charge in [0.1, 0.15) is 6.10 Å². The summed E-state index contributed by atoms with van der Waals surface area (Å²) >= 11 is 0. The Kier molecular flexibility index (Phi) is 8.23. The van der Waals surface area contributed by atoms with E-state index in [0.717, 1.165) is 30.0 Å². The first-order valence-electron chi connectivity index (χ1n) is 10.4. The van der Waals surface area contributed by atoms with Crippen LogP contribution in [0.3, 0.4) is 0 Å². The topological polar surface area (TPSA) is 113 Å². The number of amides is 3. The number of anilines is 1. The molecule has 0 unspecified atom stereocenters. The van der Waals surface area contributed by atoms with Gasteiger partial charge in [-0.1, -0.05) is 6.07 Å². The van der Waals surface area contributed by atoms with E-state index >= 15 is 0 Å². The molecule has 11 heteroatoms. The predicted molar refractivity (Wildman–Crippen MR) is 113 cm³/mol. The second kappa shape index (κ2) is 11.1. The van der Waals surface area contributed by atoms with Crippen LogP contribution in [-0.2, 0) is 22.3 Å². The molecule has 2 heterocycles. The quantitative estimate of drug-likeness (QED) is 0.501. The molecule has 0 radical (unpaired) electrons. The summed E-state index contributed by atoms with van der Waals surface area (Å²) in [7, 11) is 0. The zero-order valence-corrected chi connectivity index (χ0v) is 17.6. The highest BCUT2D eigenvalue weighted by atomic mass is 19.4. The summed E-state index contributed by atoms with van der Waals surface area (Å²) in [5.74, 6) is -0.214. The van der Waals surface area contributed by atoms with Gasteiger partial charge < -0.3 is 25.8 Å². The smallest absolute Gasteiger partial charge is 0.394 e. The van der Waals surface area contributed by atoms with E-state index in [1.54, 1.807) is 18.3 Å². The maximum atomic E-state index is 12.6. The van der Waals surface area contributed by atoms with Gasteiger partial charge in [0, 0.05) is 11.9 Å². The predicted octanol–water partition coefficient (Wildman–Crippen LogP) is 2.84. The SMILES string of the molecule is O=C(C[C@@H]1CC[C@@H](NC(=O)Nc2ccc(C(F)(F)F)cc2)[C@@H](CO)O1)NCc1ccccn1. The Hall–Kier alpha value is -3.18. The second-order valence-electron chi connectivity index (χ2n) is 7.64. The number of hydrogen-bond acceptors (Lipinski definition) is 5. The number of rotatable bonds is 7. The summed E-state index contributed by atoms with van der Waals surface area (Å²) in [4.78, 5) is 28.6. The molecule has 178 valence electrons. The van der Waals surface area contributed by atoms with Crippen LogP contribution in [0.2, 0.25) is 0 Å². The number of alkyl halides is 3. The van der Waals surface area contributed by atoms with Crippen molar-refractivity contribution in [2.75, 3.05) is 11.9 Å². The number of pyridine rings is 1. The van der Waals surface area contributed by atoms with Crippen LogP contribution >= 0.6 is 0 Å². The number of urea groups is 1. The molecule has 1 aromatic carbocycles. The number of halogens is 3. The summed E-state index contributed by atoms with van der Waals surface area (Å²) in [6.07, 6.45) is -2.90. The fourth-order valence-electron chi connectivity index (χ4n) is 3.50. The van der Waals surface area contributed by atoms with Crippen molar-refractivity contribution in [2.24, 2.45) is 0 Å². The van der Waals surface area contributed by atoms with Crippen LogP contribution in [0.1, 0.15) is 30.5 Å². The monoisotopic (exact) mass is 466 g/mol. The zero-order chi connectivity index (χ0) is 23.8. The average Bonchev–Trinajstić information content (AvgIpc) is 2.79. The number of nitrogens with zero attached hydrogens (tertiary/aromatic N) is 1. The fourth-order valence-corrected chi connectivity index (χ4v) is 3.50. The summed E-state index contributed by atoms with van der Waals surface area (Å²) in [5, 5.41) is 17.6. The zero-order valence-electron chi connectivity index (χ0n) is 17.6. The Morgan fingerprint density at radius 1 is 1.12 bits per heavy atom. The van der Waals surface area contributed by atoms with E-state index in [1.165, 1.54) is 0 Å². The summed E-state index contributed by atoms with van der Waals surface area (Å²) in [6.45, 7) is -0.0681. The fraction of sp³-hybridized carbons (Fsp3) is 0.409. The van der Waals surface area contributed by atoms with Crippen LogP contribution in [0.4, 0.5) is 23.7 Å². The molecular weight excluding hydrogens is 441 g/mol. The van der Waals surface area contributed by atoms with Gasteiger partial charge in [-0.2, -0.15) is 13.2 Å². The number of nitrogens with one attached hydrogen (secondary N) is 3. The standard InChI is InChI=1S/C22H25F3N4O4/c23-22(24,25)14-4-6-15(7-5-14)28-21(32)29-18-9-8-17(33-19(18)13-30)11-20(31)27-12-16-3-1-2-10-26-16/h1-7,10,17-19,30H,8-9,11-13H2,(H,27,31)(H2,28,29,32)/t17-,18+,19+/m0/s1. The molecule has 4 N–H and O–H groups in total. The molecule has 1 aliphatic rings. The lowest BCUT2D eigenvalue weighted by Crippen LogP contribution is -2.52. The molecule has 3 rings (SSSR count). The molecule has 1 fully saturated rings. The van der Waals surface area contributed by atoms with Crippen molar-refractivity contribution in [3.8, 4) is 0 Å². The minimum Gasteiger partial charge on any atom is -0.394 e. The molecule has 1 saturated heterocycles. The minimum atomic E-state index is -4.46. The molecule has 3 amide bonds. The van der Waals surface area contributed by atoms with Gasteiger partial charge in [-0.15, -0.1) is 0 Å². The maximum absolute atomic E-state index is 12.6. The highest BCUT2D eigenvalue weighted by Crippen LogP contribution is 2.30. The third-order valence-electron chi connectivity index (χ3n) is 5.19. The third-order valence-corrected chi connectivity index (χ3v) is 5.19. The number of carbonyl (C=O) groups is 2. The van der Waals surface area contributed by atoms with Crippen LogP contribution in [0, 0.1) is 0 Å². The lowest BCUT2D eigenvalue weighted by Gasteiger charge is -2.35. The van der Waals surface area contributed by atoms with Crippen LogP contribution in [0.5, 0.6) is 0 Å². The Balaban J connectivity index is 1.45. The number of ether oxygens (including phenoxy) is 1. The number of aliphatic hydroxyl groups is 1. The molecule has 0 spiro atoms. The molecule has 0 bridgehead atoms. The molecule has 33 heavy (non-hydrogen) atoms. The molecule has 3 atom stereocenters. The van der Waals surface area contributed by atoms with Crippen molar-refractivity contribution in [2.45, 2.75) is 50.2 Å². The van der Waals surface area contributed by atoms with Gasteiger partial charge in [-0.3, -0.25) is 9.78 Å². The first kappa shape index (κ1) is 24.5. The third kappa shape index (κ3) is 7.43. The van der Waals surface area contributed by atoms with Gasteiger partial charge in [0.25, 0.3) is 0 Å². The van der Waals surface area contributed by atoms with E-state index in [9.17, 15) is 27.9 Å². The molecule has 0 aliphatic carbocycles. The Morgan fingerprint density at radius 3 is 2.52 bits per heavy atom. The Bertz CT molecular complexity index is 925. The largest absolute Gasteiger partial charge is 0.416 e. The Morgan fingerprint density at radius 2 is 1.88 bits per heavy atom. The van der Waals surface area contributed by atoms with Crippen LogP contribution in [-0.4, -0.2) is 46.9 Å². The number of benzene rings is 1. The van der Waals surface area contributed by atoms with Crippen LogP contribution < -0.4 is 16.0 Å². The van der Waals surface area contributed by atoms with Gasteiger partial charge in [0.15, 0.2) is 0 Å². The van der Waals surface area contributed by atoms with Crippen molar-refractivity contribution < 1.29 is 32.6 Å². The van der Waals surface area contributed by atoms with Crippen LogP contribution in [0.15, 0.2) is 48.7 Å². The van der Waals surface area contributed by atoms with Gasteiger partial charge >= 0.3 is 12.2 Å². The van der Waals surface area contributed by atoms with Crippen molar-refractivity contribution in [1.29, 1.82) is 0 Å². The van der Waals surface area contributed by atoms with Gasteiger partial charge in [0.2, 0.25) is 5.91 Å². The number of carbonyl (C=O) groups excluding carboxylic acids is 2. The lowest BCUT2D eigenvalue weighted by atomic mass is 9.97. The number of aliphatic hydroxyl groups excluding tert-OH is 1. The average molecular weight is 466 g/mol. The second-order valence-corrected chi connectivity index (χ2v) is 7.64. The maximum Gasteiger partial charge on any atom is 0.416 e. The number of aromatic nitrogens is 1. The molecule has 0 saturated carbocycles. The van der Waals surface area contributed by atoms with E-state index < -0.39 is 36.0 Å². The van der Waals surface area contributed by atoms with Crippen molar-refractivity contribution in [3.05, 3.63) is 59.9 Å². The molecule has 2 aromatic rings. The summed E-state index contributed by atoms with van der Waals surface area (Å²) < 4.78 is 43.7. The van der Waals surface area contributed by atoms with E-state index in [2.05, 4.69) is 20.9 Å². The summed E-state index contributed by atoms with van der Waals surface area (Å²) in [6, 6.07) is 8.32. The van der Waals surface area contributed by atoms with Gasteiger partial charge in [-0.25, -0.2) is 4.79 Å². The van der Waals surface area contributed by atoms with Crippen molar-refractivity contribution >= 4 is 17.6 Å². The van der Waals surface area contributed by atoms with Crippen molar-refractivity contribution in [3.63, 3.8) is 0 Å². The Labute approximate surface area is 188 Å². The van der Waals surface area contributed by atoms with Crippen molar-refractivity contribution in [1.82, 2.24) is 15.6 Å². The molecule has 8 nitrogen and oxygen atoms in total. The van der Waals surface area contributed by atoms with Crippen LogP contribution in [0.25, 0.3) is 0 Å². The van der Waals surface area contributed by atoms with Gasteiger partial charge in [-0.05, 0) is 49.2 Å². The molecule has 1 aliphatic heterocycles. The van der Waals surface area contributed by atoms with E-state index in [4.69, 9.17) is 4.74 Å². The first-order chi connectivity index (χ1) is 15.7. The normalized spacial score (nSPS) is 20.7. The highest BCUT2D eigenvalue weighted by Gasteiger charge is 2.33. The summed E-state index contributed by atoms with van der Waals surface area (Å²) in [5.41, 5.74) is 0.108. The molecular formula is C22H25F3N4O4.